The Labute approximate surface area is 163 Å². The van der Waals surface area contributed by atoms with Gasteiger partial charge in [0.15, 0.2) is 5.16 Å². The highest BCUT2D eigenvalue weighted by Crippen LogP contribution is 2.32. The van der Waals surface area contributed by atoms with E-state index in [1.807, 2.05) is 47.8 Å². The molecule has 2 aromatic carbocycles. The Bertz CT molecular complexity index is 1210. The fourth-order valence-electron chi connectivity index (χ4n) is 2.74. The second-order valence-electron chi connectivity index (χ2n) is 5.86. The molecular formula is C20H14N4OS2. The second kappa shape index (κ2) is 7.27. The minimum absolute atomic E-state index is 0.248. The summed E-state index contributed by atoms with van der Waals surface area (Å²) in [6, 6.07) is 19.2. The van der Waals surface area contributed by atoms with Crippen LogP contribution in [-0.2, 0) is 5.75 Å². The third kappa shape index (κ3) is 3.33. The molecule has 0 aliphatic carbocycles. The van der Waals surface area contributed by atoms with Crippen molar-refractivity contribution in [3.63, 3.8) is 0 Å². The van der Waals surface area contributed by atoms with E-state index in [2.05, 4.69) is 11.1 Å². The number of nitrogen functional groups attached to an aromatic ring is 1. The van der Waals surface area contributed by atoms with Gasteiger partial charge in [0.25, 0.3) is 5.56 Å². The van der Waals surface area contributed by atoms with Crippen LogP contribution in [0, 0.1) is 11.3 Å². The highest BCUT2D eigenvalue weighted by atomic mass is 32.2. The van der Waals surface area contributed by atoms with Crippen molar-refractivity contribution in [2.75, 3.05) is 5.84 Å². The monoisotopic (exact) mass is 390 g/mol. The number of hydrogen-bond acceptors (Lipinski definition) is 6. The second-order valence-corrected chi connectivity index (χ2v) is 7.66. The Balaban J connectivity index is 1.68. The molecule has 2 heterocycles. The molecule has 0 spiro atoms. The zero-order valence-corrected chi connectivity index (χ0v) is 15.8. The SMILES string of the molecule is N#Cc1ccc(CSc2nc3scc(-c4ccccc4)c3c(=O)n2N)cc1. The van der Waals surface area contributed by atoms with E-state index in [4.69, 9.17) is 11.1 Å². The van der Waals surface area contributed by atoms with Gasteiger partial charge in [-0.05, 0) is 23.3 Å². The minimum atomic E-state index is -0.248. The molecule has 5 nitrogen and oxygen atoms in total. The van der Waals surface area contributed by atoms with Crippen LogP contribution in [0.15, 0.2) is 69.9 Å². The maximum Gasteiger partial charge on any atom is 0.282 e. The summed E-state index contributed by atoms with van der Waals surface area (Å²) in [6.45, 7) is 0. The maximum absolute atomic E-state index is 12.9. The summed E-state index contributed by atoms with van der Waals surface area (Å²) in [5.41, 5.74) is 3.23. The van der Waals surface area contributed by atoms with Crippen LogP contribution < -0.4 is 11.4 Å². The highest BCUT2D eigenvalue weighted by molar-refractivity contribution is 7.98. The van der Waals surface area contributed by atoms with Gasteiger partial charge in [0.1, 0.15) is 4.83 Å². The molecule has 27 heavy (non-hydrogen) atoms. The summed E-state index contributed by atoms with van der Waals surface area (Å²) in [6.07, 6.45) is 0. The maximum atomic E-state index is 12.9. The number of aromatic nitrogens is 2. The number of nitrogens with two attached hydrogens (primary N) is 1. The first kappa shape index (κ1) is 17.3. The van der Waals surface area contributed by atoms with Crippen molar-refractivity contribution in [3.8, 4) is 17.2 Å². The number of thioether (sulfide) groups is 1. The average Bonchev–Trinajstić information content (AvgIpc) is 3.14. The van der Waals surface area contributed by atoms with E-state index in [0.717, 1.165) is 21.4 Å². The Kier molecular flexibility index (Phi) is 4.67. The third-order valence-electron chi connectivity index (χ3n) is 4.14. The molecule has 7 heteroatoms. The lowest BCUT2D eigenvalue weighted by Gasteiger charge is -2.08. The molecule has 0 aliphatic heterocycles. The van der Waals surface area contributed by atoms with Gasteiger partial charge in [-0.25, -0.2) is 9.66 Å². The van der Waals surface area contributed by atoms with Crippen molar-refractivity contribution in [2.45, 2.75) is 10.9 Å². The van der Waals surface area contributed by atoms with E-state index >= 15 is 0 Å². The molecule has 132 valence electrons. The Morgan fingerprint density at radius 3 is 2.59 bits per heavy atom. The fourth-order valence-corrected chi connectivity index (χ4v) is 4.60. The number of fused-ring (bicyclic) bond motifs is 1. The molecule has 0 atom stereocenters. The summed E-state index contributed by atoms with van der Waals surface area (Å²) in [7, 11) is 0. The first-order valence-corrected chi connectivity index (χ1v) is 10.0. The largest absolute Gasteiger partial charge is 0.334 e. The molecule has 0 unspecified atom stereocenters. The van der Waals surface area contributed by atoms with E-state index < -0.39 is 0 Å². The van der Waals surface area contributed by atoms with E-state index in [-0.39, 0.29) is 5.56 Å². The van der Waals surface area contributed by atoms with Crippen LogP contribution in [0.2, 0.25) is 0 Å². The van der Waals surface area contributed by atoms with Gasteiger partial charge in [0.05, 0.1) is 17.0 Å². The van der Waals surface area contributed by atoms with Crippen molar-refractivity contribution in [3.05, 3.63) is 81.5 Å². The van der Waals surface area contributed by atoms with Crippen molar-refractivity contribution >= 4 is 33.3 Å². The quantitative estimate of drug-likeness (QED) is 0.323. The van der Waals surface area contributed by atoms with Gasteiger partial charge in [0.2, 0.25) is 0 Å². The zero-order chi connectivity index (χ0) is 18.8. The van der Waals surface area contributed by atoms with Crippen molar-refractivity contribution in [1.29, 1.82) is 5.26 Å². The molecule has 0 bridgehead atoms. The lowest BCUT2D eigenvalue weighted by Crippen LogP contribution is -2.29. The van der Waals surface area contributed by atoms with Crippen molar-refractivity contribution in [2.24, 2.45) is 0 Å². The predicted molar refractivity (Wildman–Crippen MR) is 110 cm³/mol. The molecule has 0 saturated heterocycles. The molecule has 0 radical (unpaired) electrons. The van der Waals surface area contributed by atoms with E-state index in [1.165, 1.54) is 23.1 Å². The molecule has 0 saturated carbocycles. The van der Waals surface area contributed by atoms with E-state index in [0.29, 0.717) is 26.7 Å². The summed E-state index contributed by atoms with van der Waals surface area (Å²) >= 11 is 2.84. The van der Waals surface area contributed by atoms with Gasteiger partial charge < -0.3 is 5.84 Å². The minimum Gasteiger partial charge on any atom is -0.334 e. The van der Waals surface area contributed by atoms with Gasteiger partial charge in [-0.3, -0.25) is 4.79 Å². The van der Waals surface area contributed by atoms with Gasteiger partial charge >= 0.3 is 0 Å². The number of thiophene rings is 1. The molecule has 2 N–H and O–H groups in total. The molecule has 4 rings (SSSR count). The van der Waals surface area contributed by atoms with E-state index in [1.54, 1.807) is 12.1 Å². The van der Waals surface area contributed by atoms with Crippen LogP contribution in [0.25, 0.3) is 21.3 Å². The standard InChI is InChI=1S/C20H14N4OS2/c21-10-13-6-8-14(9-7-13)11-27-20-23-18-17(19(25)24(20)22)16(12-26-18)15-4-2-1-3-5-15/h1-9,12H,11,22H2. The molecule has 0 amide bonds. The van der Waals surface area contributed by atoms with Crippen molar-refractivity contribution in [1.82, 2.24) is 9.66 Å². The first-order chi connectivity index (χ1) is 13.2. The number of benzene rings is 2. The lowest BCUT2D eigenvalue weighted by atomic mass is 10.1. The Hall–Kier alpha value is -3.08. The molecule has 2 aromatic heterocycles. The highest BCUT2D eigenvalue weighted by Gasteiger charge is 2.16. The number of rotatable bonds is 4. The number of nitrogens with zero attached hydrogens (tertiary/aromatic N) is 3. The van der Waals surface area contributed by atoms with Crippen LogP contribution in [0.4, 0.5) is 0 Å². The summed E-state index contributed by atoms with van der Waals surface area (Å²) in [5, 5.41) is 11.8. The van der Waals surface area contributed by atoms with Gasteiger partial charge in [-0.15, -0.1) is 11.3 Å². The van der Waals surface area contributed by atoms with Crippen LogP contribution in [0.3, 0.4) is 0 Å². The molecular weight excluding hydrogens is 376 g/mol. The van der Waals surface area contributed by atoms with Crippen LogP contribution in [-0.4, -0.2) is 9.66 Å². The zero-order valence-electron chi connectivity index (χ0n) is 14.1. The summed E-state index contributed by atoms with van der Waals surface area (Å²) < 4.78 is 1.12. The fraction of sp³-hybridized carbons (Fsp3) is 0.0500. The summed E-state index contributed by atoms with van der Waals surface area (Å²) in [4.78, 5) is 18.1. The lowest BCUT2D eigenvalue weighted by molar-refractivity contribution is 0.782. The van der Waals surface area contributed by atoms with Crippen LogP contribution in [0.5, 0.6) is 0 Å². The van der Waals surface area contributed by atoms with Gasteiger partial charge in [0, 0.05) is 16.7 Å². The smallest absolute Gasteiger partial charge is 0.282 e. The van der Waals surface area contributed by atoms with E-state index in [9.17, 15) is 4.79 Å². The Morgan fingerprint density at radius 2 is 1.89 bits per heavy atom. The molecule has 0 aliphatic rings. The Morgan fingerprint density at radius 1 is 1.15 bits per heavy atom. The number of hydrogen-bond donors (Lipinski definition) is 1. The normalized spacial score (nSPS) is 10.8. The van der Waals surface area contributed by atoms with Gasteiger partial charge in [-0.2, -0.15) is 5.26 Å². The topological polar surface area (TPSA) is 84.7 Å². The number of nitriles is 1. The third-order valence-corrected chi connectivity index (χ3v) is 6.04. The van der Waals surface area contributed by atoms with Gasteiger partial charge in [-0.1, -0.05) is 54.2 Å². The van der Waals surface area contributed by atoms with Crippen LogP contribution in [0.1, 0.15) is 11.1 Å². The van der Waals surface area contributed by atoms with Crippen LogP contribution >= 0.6 is 23.1 Å². The first-order valence-electron chi connectivity index (χ1n) is 8.14. The van der Waals surface area contributed by atoms with Crippen molar-refractivity contribution < 1.29 is 0 Å². The molecule has 0 fully saturated rings. The summed E-state index contributed by atoms with van der Waals surface area (Å²) in [5.74, 6) is 6.66. The molecule has 4 aromatic rings. The predicted octanol–water partition coefficient (Wildman–Crippen LogP) is 4.00. The average molecular weight is 390 g/mol.